The quantitative estimate of drug-likeness (QED) is 0.560. The molecule has 3 aromatic rings. The molecule has 1 aliphatic heterocycles. The summed E-state index contributed by atoms with van der Waals surface area (Å²) < 4.78 is 0. The Hall–Kier alpha value is -3.13. The van der Waals surface area contributed by atoms with Gasteiger partial charge in [0.1, 0.15) is 0 Å². The third-order valence-electron chi connectivity index (χ3n) is 4.85. The molecule has 8 heteroatoms. The first-order valence-electron chi connectivity index (χ1n) is 9.46. The van der Waals surface area contributed by atoms with Gasteiger partial charge in [0.05, 0.1) is 10.6 Å². The molecule has 0 bridgehead atoms. The summed E-state index contributed by atoms with van der Waals surface area (Å²) in [6.07, 6.45) is 7.98. The lowest BCUT2D eigenvalue weighted by Crippen LogP contribution is -2.31. The lowest BCUT2D eigenvalue weighted by Gasteiger charge is -2.16. The van der Waals surface area contributed by atoms with Crippen LogP contribution in [0.2, 0.25) is 0 Å². The van der Waals surface area contributed by atoms with Gasteiger partial charge in [0, 0.05) is 50.8 Å². The molecule has 1 aliphatic rings. The number of hydrogen-bond donors (Lipinski definition) is 0. The maximum Gasteiger partial charge on any atom is 0.326 e. The fourth-order valence-electron chi connectivity index (χ4n) is 3.29. The van der Waals surface area contributed by atoms with Crippen LogP contribution in [-0.2, 0) is 13.0 Å². The highest BCUT2D eigenvalue weighted by Gasteiger charge is 2.32. The summed E-state index contributed by atoms with van der Waals surface area (Å²) in [6.45, 7) is 3.57. The van der Waals surface area contributed by atoms with Gasteiger partial charge in [-0.25, -0.2) is 9.78 Å². The molecule has 1 saturated heterocycles. The highest BCUT2D eigenvalue weighted by Crippen LogP contribution is 2.30. The van der Waals surface area contributed by atoms with E-state index < -0.39 is 0 Å². The Morgan fingerprint density at radius 1 is 1.10 bits per heavy atom. The SMILES string of the molecule is Cc1nc(N2CCN(Cc3ccncc3)C2=O)sc1C(=O)CCc1cccnc1. The Labute approximate surface area is 173 Å². The molecule has 0 spiro atoms. The molecule has 3 aromatic heterocycles. The Bertz CT molecular complexity index is 1010. The summed E-state index contributed by atoms with van der Waals surface area (Å²) in [5.74, 6) is 0.0513. The Kier molecular flexibility index (Phi) is 5.62. The average molecular weight is 407 g/mol. The van der Waals surface area contributed by atoms with E-state index >= 15 is 0 Å². The number of carbonyl (C=O) groups excluding carboxylic acids is 2. The molecule has 0 saturated carbocycles. The Balaban J connectivity index is 1.42. The number of Topliss-reactive ketones (excluding diaryl/α,β-unsaturated/α-hetero) is 1. The first kappa shape index (κ1) is 19.2. The van der Waals surface area contributed by atoms with Gasteiger partial charge >= 0.3 is 6.03 Å². The minimum absolute atomic E-state index is 0.0513. The first-order chi connectivity index (χ1) is 14.1. The van der Waals surface area contributed by atoms with Crippen molar-refractivity contribution in [3.05, 3.63) is 70.8 Å². The molecule has 4 rings (SSSR count). The van der Waals surface area contributed by atoms with E-state index in [0.29, 0.717) is 48.2 Å². The van der Waals surface area contributed by atoms with Gasteiger partial charge in [0.25, 0.3) is 0 Å². The van der Waals surface area contributed by atoms with E-state index in [4.69, 9.17) is 0 Å². The van der Waals surface area contributed by atoms with E-state index in [1.165, 1.54) is 11.3 Å². The molecular formula is C21H21N5O2S. The zero-order valence-electron chi connectivity index (χ0n) is 16.1. The van der Waals surface area contributed by atoms with Crippen LogP contribution in [0.5, 0.6) is 0 Å². The molecule has 29 heavy (non-hydrogen) atoms. The number of amides is 2. The van der Waals surface area contributed by atoms with Crippen molar-refractivity contribution in [3.8, 4) is 0 Å². The van der Waals surface area contributed by atoms with Gasteiger partial charge in [-0.2, -0.15) is 0 Å². The van der Waals surface area contributed by atoms with E-state index in [2.05, 4.69) is 15.0 Å². The number of anilines is 1. The summed E-state index contributed by atoms with van der Waals surface area (Å²) in [7, 11) is 0. The number of carbonyl (C=O) groups is 2. The van der Waals surface area contributed by atoms with Gasteiger partial charge < -0.3 is 4.90 Å². The number of rotatable bonds is 7. The van der Waals surface area contributed by atoms with Gasteiger partial charge in [0.2, 0.25) is 0 Å². The monoisotopic (exact) mass is 407 g/mol. The van der Waals surface area contributed by atoms with Crippen LogP contribution in [0.4, 0.5) is 9.93 Å². The van der Waals surface area contributed by atoms with Crippen molar-refractivity contribution in [3.63, 3.8) is 0 Å². The first-order valence-corrected chi connectivity index (χ1v) is 10.3. The zero-order chi connectivity index (χ0) is 20.2. The highest BCUT2D eigenvalue weighted by molar-refractivity contribution is 7.17. The van der Waals surface area contributed by atoms with Crippen LogP contribution in [-0.4, -0.2) is 44.8 Å². The van der Waals surface area contributed by atoms with Gasteiger partial charge in [-0.1, -0.05) is 17.4 Å². The van der Waals surface area contributed by atoms with Crippen molar-refractivity contribution in [2.75, 3.05) is 18.0 Å². The second kappa shape index (κ2) is 8.48. The zero-order valence-corrected chi connectivity index (χ0v) is 16.9. The van der Waals surface area contributed by atoms with Gasteiger partial charge in [-0.05, 0) is 42.7 Å². The Morgan fingerprint density at radius 2 is 1.93 bits per heavy atom. The lowest BCUT2D eigenvalue weighted by atomic mass is 10.1. The van der Waals surface area contributed by atoms with Crippen LogP contribution in [0.15, 0.2) is 49.1 Å². The molecule has 148 valence electrons. The fraction of sp³-hybridized carbons (Fsp3) is 0.286. The number of pyridine rings is 2. The van der Waals surface area contributed by atoms with E-state index in [-0.39, 0.29) is 11.8 Å². The number of aryl methyl sites for hydroxylation is 2. The van der Waals surface area contributed by atoms with Crippen molar-refractivity contribution >= 4 is 28.3 Å². The van der Waals surface area contributed by atoms with E-state index in [0.717, 1.165) is 11.1 Å². The van der Waals surface area contributed by atoms with Crippen molar-refractivity contribution in [1.29, 1.82) is 0 Å². The number of hydrogen-bond acceptors (Lipinski definition) is 6. The van der Waals surface area contributed by atoms with E-state index in [1.807, 2.05) is 31.2 Å². The summed E-state index contributed by atoms with van der Waals surface area (Å²) >= 11 is 1.30. The number of aromatic nitrogens is 3. The molecule has 4 heterocycles. The molecule has 0 unspecified atom stereocenters. The molecule has 7 nitrogen and oxygen atoms in total. The minimum Gasteiger partial charge on any atom is -0.318 e. The fourth-order valence-corrected chi connectivity index (χ4v) is 4.34. The van der Waals surface area contributed by atoms with Crippen LogP contribution < -0.4 is 4.90 Å². The van der Waals surface area contributed by atoms with Crippen molar-refractivity contribution in [2.45, 2.75) is 26.3 Å². The third-order valence-corrected chi connectivity index (χ3v) is 6.07. The maximum atomic E-state index is 12.8. The van der Waals surface area contributed by atoms with Crippen LogP contribution in [0.25, 0.3) is 0 Å². The second-order valence-electron chi connectivity index (χ2n) is 6.91. The predicted molar refractivity (Wildman–Crippen MR) is 111 cm³/mol. The Morgan fingerprint density at radius 3 is 2.69 bits per heavy atom. The van der Waals surface area contributed by atoms with Crippen molar-refractivity contribution in [1.82, 2.24) is 19.9 Å². The number of ketones is 1. The minimum atomic E-state index is -0.0788. The van der Waals surface area contributed by atoms with Crippen LogP contribution in [0.1, 0.15) is 32.9 Å². The van der Waals surface area contributed by atoms with Crippen LogP contribution in [0, 0.1) is 6.92 Å². The summed E-state index contributed by atoms with van der Waals surface area (Å²) in [4.78, 5) is 42.2. The van der Waals surface area contributed by atoms with Gasteiger partial charge in [-0.15, -0.1) is 0 Å². The predicted octanol–water partition coefficient (Wildman–Crippen LogP) is 3.50. The number of thiazole rings is 1. The van der Waals surface area contributed by atoms with E-state index in [9.17, 15) is 9.59 Å². The smallest absolute Gasteiger partial charge is 0.318 e. The molecule has 1 fully saturated rings. The highest BCUT2D eigenvalue weighted by atomic mass is 32.1. The van der Waals surface area contributed by atoms with Crippen molar-refractivity contribution < 1.29 is 9.59 Å². The maximum absolute atomic E-state index is 12.8. The third kappa shape index (κ3) is 4.32. The average Bonchev–Trinajstić information content (AvgIpc) is 3.30. The number of urea groups is 1. The largest absolute Gasteiger partial charge is 0.326 e. The molecule has 0 N–H and O–H groups in total. The topological polar surface area (TPSA) is 79.3 Å². The summed E-state index contributed by atoms with van der Waals surface area (Å²) in [5.41, 5.74) is 2.75. The van der Waals surface area contributed by atoms with E-state index in [1.54, 1.807) is 34.6 Å². The molecule has 0 aliphatic carbocycles. The summed E-state index contributed by atoms with van der Waals surface area (Å²) in [5, 5.41) is 0.592. The number of nitrogens with zero attached hydrogens (tertiary/aromatic N) is 5. The molecule has 0 atom stereocenters. The normalized spacial score (nSPS) is 13.9. The molecule has 2 amide bonds. The molecular weight excluding hydrogens is 386 g/mol. The second-order valence-corrected chi connectivity index (χ2v) is 7.88. The standard InChI is InChI=1S/C21H21N5O2S/c1-15-19(18(27)5-4-16-3-2-8-23-13-16)29-20(24-15)26-12-11-25(21(26)28)14-17-6-9-22-10-7-17/h2-3,6-10,13H,4-5,11-12,14H2,1H3. The van der Waals surface area contributed by atoms with Gasteiger partial charge in [-0.3, -0.25) is 19.7 Å². The van der Waals surface area contributed by atoms with Gasteiger partial charge in [0.15, 0.2) is 10.9 Å². The van der Waals surface area contributed by atoms with Crippen molar-refractivity contribution in [2.24, 2.45) is 0 Å². The van der Waals surface area contributed by atoms with Crippen LogP contribution >= 0.6 is 11.3 Å². The lowest BCUT2D eigenvalue weighted by molar-refractivity contribution is 0.0986. The van der Waals surface area contributed by atoms with Crippen LogP contribution in [0.3, 0.4) is 0 Å². The summed E-state index contributed by atoms with van der Waals surface area (Å²) in [6, 6.07) is 7.56. The molecule has 0 aromatic carbocycles. The molecule has 0 radical (unpaired) electrons.